The number of aromatic nitrogens is 3. The molecular weight excluding hydrogens is 325 g/mol. The number of nitrogens with one attached hydrogen (secondary N) is 2. The lowest BCUT2D eigenvalue weighted by atomic mass is 10.2. The van der Waals surface area contributed by atoms with Crippen LogP contribution in [-0.2, 0) is 6.54 Å². The van der Waals surface area contributed by atoms with Crippen LogP contribution in [-0.4, -0.2) is 21.2 Å². The lowest BCUT2D eigenvalue weighted by molar-refractivity contribution is 0.233. The number of nitrogens with zero attached hydrogens (tertiary/aromatic N) is 3. The Labute approximate surface area is 143 Å². The number of halogens is 1. The molecule has 7 nitrogen and oxygen atoms in total. The van der Waals surface area contributed by atoms with Crippen molar-refractivity contribution in [2.45, 2.75) is 19.5 Å². The Hall–Kier alpha value is -3.29. The fraction of sp³-hybridized carbons (Fsp3) is 0.176. The number of pyridine rings is 1. The van der Waals surface area contributed by atoms with Gasteiger partial charge in [-0.1, -0.05) is 11.2 Å². The summed E-state index contributed by atoms with van der Waals surface area (Å²) >= 11 is 0. The van der Waals surface area contributed by atoms with Gasteiger partial charge in [0.2, 0.25) is 11.7 Å². The number of rotatable bonds is 5. The van der Waals surface area contributed by atoms with Gasteiger partial charge in [0.1, 0.15) is 11.9 Å². The second kappa shape index (κ2) is 7.52. The van der Waals surface area contributed by atoms with Crippen molar-refractivity contribution in [1.29, 1.82) is 0 Å². The molecule has 0 fully saturated rings. The van der Waals surface area contributed by atoms with E-state index < -0.39 is 6.04 Å². The summed E-state index contributed by atoms with van der Waals surface area (Å²) in [5, 5.41) is 9.29. The molecule has 2 amide bonds. The standard InChI is InChI=1S/C17H16FN5O2/c1-11(21-17(24)20-10-12-3-2-8-19-9-12)16-22-15(23-25-16)13-4-6-14(18)7-5-13/h2-9,11H,10H2,1H3,(H2,20,21,24)/t11-/m0/s1. The maximum atomic E-state index is 13.0. The predicted octanol–water partition coefficient (Wildman–Crippen LogP) is 2.83. The summed E-state index contributed by atoms with van der Waals surface area (Å²) in [6.45, 7) is 2.09. The highest BCUT2D eigenvalue weighted by molar-refractivity contribution is 5.74. The molecule has 3 aromatic rings. The third kappa shape index (κ3) is 4.37. The molecule has 0 saturated heterocycles. The average molecular weight is 341 g/mol. The van der Waals surface area contributed by atoms with Crippen molar-refractivity contribution in [3.63, 3.8) is 0 Å². The highest BCUT2D eigenvalue weighted by Gasteiger charge is 2.17. The summed E-state index contributed by atoms with van der Waals surface area (Å²) < 4.78 is 18.1. The van der Waals surface area contributed by atoms with Gasteiger partial charge in [0, 0.05) is 24.5 Å². The molecule has 2 aromatic heterocycles. The van der Waals surface area contributed by atoms with Gasteiger partial charge in [0.25, 0.3) is 0 Å². The number of urea groups is 1. The van der Waals surface area contributed by atoms with Crippen molar-refractivity contribution in [3.8, 4) is 11.4 Å². The van der Waals surface area contributed by atoms with E-state index in [1.54, 1.807) is 37.5 Å². The molecule has 128 valence electrons. The minimum absolute atomic E-state index is 0.260. The molecule has 25 heavy (non-hydrogen) atoms. The van der Waals surface area contributed by atoms with E-state index >= 15 is 0 Å². The van der Waals surface area contributed by atoms with Crippen molar-refractivity contribution < 1.29 is 13.7 Å². The Morgan fingerprint density at radius 2 is 2.08 bits per heavy atom. The highest BCUT2D eigenvalue weighted by atomic mass is 19.1. The largest absolute Gasteiger partial charge is 0.337 e. The van der Waals surface area contributed by atoms with E-state index in [9.17, 15) is 9.18 Å². The summed E-state index contributed by atoms with van der Waals surface area (Å²) in [7, 11) is 0. The van der Waals surface area contributed by atoms with Gasteiger partial charge in [-0.05, 0) is 42.8 Å². The number of carbonyl (C=O) groups is 1. The number of benzene rings is 1. The summed E-state index contributed by atoms with van der Waals surface area (Å²) in [4.78, 5) is 20.1. The lowest BCUT2D eigenvalue weighted by Crippen LogP contribution is -2.36. The normalized spacial score (nSPS) is 11.8. The third-order valence-corrected chi connectivity index (χ3v) is 3.44. The number of hydrogen-bond donors (Lipinski definition) is 2. The number of hydrogen-bond acceptors (Lipinski definition) is 5. The van der Waals surface area contributed by atoms with Crippen LogP contribution in [0.2, 0.25) is 0 Å². The topological polar surface area (TPSA) is 92.9 Å². The minimum atomic E-state index is -0.476. The Morgan fingerprint density at radius 3 is 2.80 bits per heavy atom. The molecule has 2 heterocycles. The second-order valence-electron chi connectivity index (χ2n) is 5.37. The fourth-order valence-electron chi connectivity index (χ4n) is 2.12. The van der Waals surface area contributed by atoms with Crippen LogP contribution in [0.25, 0.3) is 11.4 Å². The second-order valence-corrected chi connectivity index (χ2v) is 5.37. The summed E-state index contributed by atoms with van der Waals surface area (Å²) in [5.41, 5.74) is 1.52. The van der Waals surface area contributed by atoms with E-state index in [4.69, 9.17) is 4.52 Å². The maximum absolute atomic E-state index is 13.0. The maximum Gasteiger partial charge on any atom is 0.315 e. The third-order valence-electron chi connectivity index (χ3n) is 3.44. The summed E-state index contributed by atoms with van der Waals surface area (Å²) in [5.74, 6) is 0.253. The van der Waals surface area contributed by atoms with Gasteiger partial charge in [-0.3, -0.25) is 4.98 Å². The van der Waals surface area contributed by atoms with Crippen LogP contribution >= 0.6 is 0 Å². The van der Waals surface area contributed by atoms with E-state index in [1.165, 1.54) is 12.1 Å². The van der Waals surface area contributed by atoms with Crippen LogP contribution in [0.3, 0.4) is 0 Å². The lowest BCUT2D eigenvalue weighted by Gasteiger charge is -2.10. The van der Waals surface area contributed by atoms with Gasteiger partial charge in [-0.15, -0.1) is 0 Å². The first-order chi connectivity index (χ1) is 12.1. The molecule has 1 atom stereocenters. The molecule has 0 aliphatic heterocycles. The van der Waals surface area contributed by atoms with E-state index in [-0.39, 0.29) is 17.7 Å². The van der Waals surface area contributed by atoms with E-state index in [0.29, 0.717) is 17.9 Å². The predicted molar refractivity (Wildman–Crippen MR) is 87.7 cm³/mol. The van der Waals surface area contributed by atoms with Crippen LogP contribution in [0.5, 0.6) is 0 Å². The van der Waals surface area contributed by atoms with Gasteiger partial charge >= 0.3 is 6.03 Å². The molecule has 0 radical (unpaired) electrons. The first-order valence-corrected chi connectivity index (χ1v) is 7.64. The Kier molecular flexibility index (Phi) is 4.98. The quantitative estimate of drug-likeness (QED) is 0.744. The Bertz CT molecular complexity index is 836. The zero-order chi connectivity index (χ0) is 17.6. The monoisotopic (exact) mass is 341 g/mol. The Morgan fingerprint density at radius 1 is 1.28 bits per heavy atom. The van der Waals surface area contributed by atoms with Crippen molar-refractivity contribution in [2.24, 2.45) is 0 Å². The molecule has 0 unspecified atom stereocenters. The zero-order valence-corrected chi connectivity index (χ0v) is 13.4. The van der Waals surface area contributed by atoms with Gasteiger partial charge in [0.15, 0.2) is 0 Å². The van der Waals surface area contributed by atoms with E-state index in [1.807, 2.05) is 6.07 Å². The molecule has 8 heteroatoms. The van der Waals surface area contributed by atoms with Gasteiger partial charge < -0.3 is 15.2 Å². The van der Waals surface area contributed by atoms with Gasteiger partial charge in [-0.2, -0.15) is 4.98 Å². The van der Waals surface area contributed by atoms with Crippen LogP contribution in [0, 0.1) is 5.82 Å². The number of amides is 2. The van der Waals surface area contributed by atoms with Crippen LogP contribution < -0.4 is 10.6 Å². The van der Waals surface area contributed by atoms with Crippen LogP contribution in [0.1, 0.15) is 24.4 Å². The first kappa shape index (κ1) is 16.6. The van der Waals surface area contributed by atoms with E-state index in [0.717, 1.165) is 5.56 Å². The molecule has 0 saturated carbocycles. The zero-order valence-electron chi connectivity index (χ0n) is 13.4. The molecule has 0 aliphatic rings. The van der Waals surface area contributed by atoms with Crippen molar-refractivity contribution >= 4 is 6.03 Å². The highest BCUT2D eigenvalue weighted by Crippen LogP contribution is 2.18. The SMILES string of the molecule is C[C@H](NC(=O)NCc1cccnc1)c1nc(-c2ccc(F)cc2)no1. The Balaban J connectivity index is 1.57. The molecule has 0 aliphatic carbocycles. The summed E-state index contributed by atoms with van der Waals surface area (Å²) in [6.07, 6.45) is 3.34. The van der Waals surface area contributed by atoms with Crippen LogP contribution in [0.4, 0.5) is 9.18 Å². The van der Waals surface area contributed by atoms with Gasteiger partial charge in [0.05, 0.1) is 0 Å². The molecular formula is C17H16FN5O2. The molecule has 3 rings (SSSR count). The molecule has 0 bridgehead atoms. The molecule has 1 aromatic carbocycles. The van der Waals surface area contributed by atoms with Gasteiger partial charge in [-0.25, -0.2) is 9.18 Å². The number of carbonyl (C=O) groups excluding carboxylic acids is 1. The average Bonchev–Trinajstić information content (AvgIpc) is 3.12. The first-order valence-electron chi connectivity index (χ1n) is 7.64. The molecule has 0 spiro atoms. The van der Waals surface area contributed by atoms with Crippen molar-refractivity contribution in [1.82, 2.24) is 25.8 Å². The van der Waals surface area contributed by atoms with Crippen molar-refractivity contribution in [3.05, 3.63) is 66.1 Å². The van der Waals surface area contributed by atoms with Crippen LogP contribution in [0.15, 0.2) is 53.3 Å². The fourth-order valence-corrected chi connectivity index (χ4v) is 2.12. The van der Waals surface area contributed by atoms with E-state index in [2.05, 4.69) is 25.8 Å². The van der Waals surface area contributed by atoms with Crippen molar-refractivity contribution in [2.75, 3.05) is 0 Å². The summed E-state index contributed by atoms with van der Waals surface area (Å²) in [6, 6.07) is 8.58. The minimum Gasteiger partial charge on any atom is -0.337 e. The molecule has 2 N–H and O–H groups in total. The smallest absolute Gasteiger partial charge is 0.315 e.